The maximum Gasteiger partial charge on any atom is 0.254 e. The Bertz CT molecular complexity index is 1250. The van der Waals surface area contributed by atoms with E-state index in [1.807, 2.05) is 4.90 Å². The van der Waals surface area contributed by atoms with E-state index in [1.54, 1.807) is 53.4 Å². The monoisotopic (exact) mass is 472 g/mol. The molecule has 5 nitrogen and oxygen atoms in total. The SMILES string of the molecule is CS(=O)(=O)c1ccc(-c2ccc(Cl)cc2)c(C(=O)N2CCN(c3ccccc3F)CC2)c1. The molecule has 1 fully saturated rings. The third-order valence-electron chi connectivity index (χ3n) is 5.56. The number of benzene rings is 3. The lowest BCUT2D eigenvalue weighted by Crippen LogP contribution is -2.49. The standard InChI is InChI=1S/C24H22ClFN2O3S/c1-32(30,31)19-10-11-20(17-6-8-18(25)9-7-17)21(16-19)24(29)28-14-12-27(13-15-28)23-5-3-2-4-22(23)26/h2-11,16H,12-15H2,1H3. The predicted molar refractivity (Wildman–Crippen MR) is 125 cm³/mol. The van der Waals surface area contributed by atoms with E-state index in [9.17, 15) is 17.6 Å². The molecule has 0 aliphatic carbocycles. The van der Waals surface area contributed by atoms with Crippen molar-refractivity contribution >= 4 is 33.0 Å². The molecule has 0 radical (unpaired) electrons. The molecular weight excluding hydrogens is 451 g/mol. The summed E-state index contributed by atoms with van der Waals surface area (Å²) < 4.78 is 38.4. The van der Waals surface area contributed by atoms with Gasteiger partial charge in [-0.2, -0.15) is 0 Å². The molecule has 0 aromatic heterocycles. The first-order chi connectivity index (χ1) is 15.2. The zero-order chi connectivity index (χ0) is 22.9. The van der Waals surface area contributed by atoms with E-state index >= 15 is 0 Å². The van der Waals surface area contributed by atoms with Gasteiger partial charge in [-0.15, -0.1) is 0 Å². The first-order valence-electron chi connectivity index (χ1n) is 10.1. The molecule has 166 valence electrons. The smallest absolute Gasteiger partial charge is 0.254 e. The van der Waals surface area contributed by atoms with Crippen LogP contribution >= 0.6 is 11.6 Å². The Kier molecular flexibility index (Phi) is 6.22. The van der Waals surface area contributed by atoms with Crippen LogP contribution in [0.25, 0.3) is 11.1 Å². The largest absolute Gasteiger partial charge is 0.366 e. The van der Waals surface area contributed by atoms with Crippen molar-refractivity contribution in [3.63, 3.8) is 0 Å². The highest BCUT2D eigenvalue weighted by molar-refractivity contribution is 7.90. The Morgan fingerprint density at radius 3 is 2.22 bits per heavy atom. The summed E-state index contributed by atoms with van der Waals surface area (Å²) in [6.45, 7) is 1.76. The summed E-state index contributed by atoms with van der Waals surface area (Å²) in [5, 5.41) is 0.568. The lowest BCUT2D eigenvalue weighted by Gasteiger charge is -2.36. The highest BCUT2D eigenvalue weighted by Crippen LogP contribution is 2.29. The molecule has 0 atom stereocenters. The number of hydrogen-bond donors (Lipinski definition) is 0. The van der Waals surface area contributed by atoms with Crippen LogP contribution in [0.4, 0.5) is 10.1 Å². The summed E-state index contributed by atoms with van der Waals surface area (Å²) in [7, 11) is -3.49. The van der Waals surface area contributed by atoms with Gasteiger partial charge in [0, 0.05) is 43.0 Å². The highest BCUT2D eigenvalue weighted by Gasteiger charge is 2.26. The van der Waals surface area contributed by atoms with Crippen molar-refractivity contribution < 1.29 is 17.6 Å². The fourth-order valence-electron chi connectivity index (χ4n) is 3.84. The molecule has 0 N–H and O–H groups in total. The summed E-state index contributed by atoms with van der Waals surface area (Å²) in [5.74, 6) is -0.549. The lowest BCUT2D eigenvalue weighted by molar-refractivity contribution is 0.0747. The van der Waals surface area contributed by atoms with E-state index in [0.29, 0.717) is 48.0 Å². The van der Waals surface area contributed by atoms with Gasteiger partial charge in [0.1, 0.15) is 5.82 Å². The van der Waals surface area contributed by atoms with Crippen molar-refractivity contribution in [1.29, 1.82) is 0 Å². The molecule has 1 heterocycles. The number of rotatable bonds is 4. The minimum atomic E-state index is -3.49. The van der Waals surface area contributed by atoms with Crippen molar-refractivity contribution in [3.8, 4) is 11.1 Å². The van der Waals surface area contributed by atoms with Crippen LogP contribution < -0.4 is 4.90 Å². The number of carbonyl (C=O) groups excluding carboxylic acids is 1. The Hall–Kier alpha value is -2.90. The quantitative estimate of drug-likeness (QED) is 0.560. The molecule has 4 rings (SSSR count). The number of hydrogen-bond acceptors (Lipinski definition) is 4. The topological polar surface area (TPSA) is 57.7 Å². The number of nitrogens with zero attached hydrogens (tertiary/aromatic N) is 2. The van der Waals surface area contributed by atoms with Crippen LogP contribution in [0.5, 0.6) is 0 Å². The Morgan fingerprint density at radius 2 is 1.59 bits per heavy atom. The van der Waals surface area contributed by atoms with E-state index in [1.165, 1.54) is 18.2 Å². The summed E-state index contributed by atoms with van der Waals surface area (Å²) >= 11 is 6.00. The zero-order valence-electron chi connectivity index (χ0n) is 17.5. The molecule has 0 unspecified atom stereocenters. The fourth-order valence-corrected chi connectivity index (χ4v) is 4.61. The van der Waals surface area contributed by atoms with Crippen LogP contribution in [0.3, 0.4) is 0 Å². The van der Waals surface area contributed by atoms with Crippen molar-refractivity contribution in [2.75, 3.05) is 37.3 Å². The molecule has 3 aromatic rings. The van der Waals surface area contributed by atoms with Gasteiger partial charge in [-0.1, -0.05) is 41.9 Å². The number of para-hydroxylation sites is 1. The van der Waals surface area contributed by atoms with E-state index in [2.05, 4.69) is 0 Å². The number of amides is 1. The molecule has 8 heteroatoms. The second kappa shape index (κ2) is 8.92. The van der Waals surface area contributed by atoms with Gasteiger partial charge in [0.25, 0.3) is 5.91 Å². The predicted octanol–water partition coefficient (Wildman–Crippen LogP) is 4.51. The average molecular weight is 473 g/mol. The van der Waals surface area contributed by atoms with Gasteiger partial charge >= 0.3 is 0 Å². The molecular formula is C24H22ClFN2O3S. The van der Waals surface area contributed by atoms with Crippen molar-refractivity contribution in [2.45, 2.75) is 4.90 Å². The van der Waals surface area contributed by atoms with Crippen LogP contribution in [0.2, 0.25) is 5.02 Å². The van der Waals surface area contributed by atoms with Gasteiger partial charge in [0.15, 0.2) is 9.84 Å². The minimum Gasteiger partial charge on any atom is -0.366 e. The second-order valence-corrected chi connectivity index (χ2v) is 10.2. The zero-order valence-corrected chi connectivity index (χ0v) is 19.0. The van der Waals surface area contributed by atoms with E-state index in [4.69, 9.17) is 11.6 Å². The van der Waals surface area contributed by atoms with Crippen molar-refractivity contribution in [3.05, 3.63) is 83.1 Å². The molecule has 1 aliphatic rings. The molecule has 1 aliphatic heterocycles. The molecule has 1 amide bonds. The second-order valence-electron chi connectivity index (χ2n) is 7.72. The van der Waals surface area contributed by atoms with Crippen LogP contribution in [0.15, 0.2) is 71.6 Å². The van der Waals surface area contributed by atoms with E-state index in [-0.39, 0.29) is 16.6 Å². The van der Waals surface area contributed by atoms with Crippen molar-refractivity contribution in [2.24, 2.45) is 0 Å². The highest BCUT2D eigenvalue weighted by atomic mass is 35.5. The maximum absolute atomic E-state index is 14.1. The molecule has 1 saturated heterocycles. The maximum atomic E-state index is 14.1. The van der Waals surface area contributed by atoms with Gasteiger partial charge < -0.3 is 9.80 Å². The third-order valence-corrected chi connectivity index (χ3v) is 6.93. The average Bonchev–Trinajstić information content (AvgIpc) is 2.79. The van der Waals surface area contributed by atoms with Gasteiger partial charge in [-0.25, -0.2) is 12.8 Å². The number of anilines is 1. The molecule has 0 spiro atoms. The van der Waals surface area contributed by atoms with Gasteiger partial charge in [0.05, 0.1) is 10.6 Å². The Labute approximate surface area is 192 Å². The normalized spacial score (nSPS) is 14.5. The summed E-state index contributed by atoms with van der Waals surface area (Å²) in [4.78, 5) is 17.1. The Balaban J connectivity index is 1.64. The molecule has 0 bridgehead atoms. The van der Waals surface area contributed by atoms with Crippen molar-refractivity contribution in [1.82, 2.24) is 4.90 Å². The number of sulfone groups is 1. The number of piperazine rings is 1. The third kappa shape index (κ3) is 4.64. The molecule has 32 heavy (non-hydrogen) atoms. The van der Waals surface area contributed by atoms with Crippen LogP contribution in [0, 0.1) is 5.82 Å². The molecule has 0 saturated carbocycles. The van der Waals surface area contributed by atoms with Gasteiger partial charge in [-0.3, -0.25) is 4.79 Å². The first-order valence-corrected chi connectivity index (χ1v) is 12.4. The summed E-state index contributed by atoms with van der Waals surface area (Å²) in [6, 6.07) is 18.2. The Morgan fingerprint density at radius 1 is 0.938 bits per heavy atom. The first kappa shape index (κ1) is 22.3. The van der Waals surface area contributed by atoms with Crippen LogP contribution in [-0.4, -0.2) is 51.7 Å². The van der Waals surface area contributed by atoms with Gasteiger partial charge in [-0.05, 0) is 47.5 Å². The van der Waals surface area contributed by atoms with Crippen LogP contribution in [0.1, 0.15) is 10.4 Å². The van der Waals surface area contributed by atoms with E-state index in [0.717, 1.165) is 11.8 Å². The lowest BCUT2D eigenvalue weighted by atomic mass is 9.98. The summed E-state index contributed by atoms with van der Waals surface area (Å²) in [6.07, 6.45) is 1.12. The minimum absolute atomic E-state index is 0.0866. The van der Waals surface area contributed by atoms with E-state index < -0.39 is 9.84 Å². The fraction of sp³-hybridized carbons (Fsp3) is 0.208. The van der Waals surface area contributed by atoms with Gasteiger partial charge in [0.2, 0.25) is 0 Å². The summed E-state index contributed by atoms with van der Waals surface area (Å²) in [5.41, 5.74) is 2.23. The number of carbonyl (C=O) groups is 1. The molecule has 3 aromatic carbocycles. The van der Waals surface area contributed by atoms with Crippen LogP contribution in [-0.2, 0) is 9.84 Å². The number of halogens is 2.